The lowest BCUT2D eigenvalue weighted by Crippen LogP contribution is -2.12. The molecule has 9 heteroatoms. The van der Waals surface area contributed by atoms with E-state index >= 15 is 0 Å². The molecule has 1 aliphatic rings. The molecule has 0 atom stereocenters. The lowest BCUT2D eigenvalue weighted by molar-refractivity contribution is 0.606. The number of anilines is 5. The van der Waals surface area contributed by atoms with Crippen molar-refractivity contribution in [2.75, 3.05) is 21.6 Å². The molecular weight excluding hydrogens is 398 g/mol. The van der Waals surface area contributed by atoms with Crippen molar-refractivity contribution in [3.05, 3.63) is 64.8 Å². The van der Waals surface area contributed by atoms with Crippen LogP contribution in [0.2, 0.25) is 5.02 Å². The van der Waals surface area contributed by atoms with Gasteiger partial charge in [0.05, 0.1) is 18.1 Å². The maximum Gasteiger partial charge on any atom is 0.229 e. The van der Waals surface area contributed by atoms with Gasteiger partial charge in [0.25, 0.3) is 0 Å². The van der Waals surface area contributed by atoms with Gasteiger partial charge in [0.1, 0.15) is 5.02 Å². The Morgan fingerprint density at radius 1 is 1.07 bits per heavy atom. The third-order valence-electron chi connectivity index (χ3n) is 4.27. The van der Waals surface area contributed by atoms with Gasteiger partial charge >= 0.3 is 0 Å². The second kappa shape index (κ2) is 7.29. The van der Waals surface area contributed by atoms with E-state index in [1.54, 1.807) is 12.1 Å². The fourth-order valence-electron chi connectivity index (χ4n) is 3.04. The van der Waals surface area contributed by atoms with Gasteiger partial charge in [-0.1, -0.05) is 23.7 Å². The molecule has 3 N–H and O–H groups in total. The van der Waals surface area contributed by atoms with E-state index in [9.17, 15) is 8.42 Å². The summed E-state index contributed by atoms with van der Waals surface area (Å²) in [6, 6.07) is 13.4. The van der Waals surface area contributed by atoms with Crippen LogP contribution in [0.5, 0.6) is 0 Å². The van der Waals surface area contributed by atoms with Gasteiger partial charge in [-0.3, -0.25) is 4.72 Å². The number of nitrogens with one attached hydrogen (secondary N) is 3. The summed E-state index contributed by atoms with van der Waals surface area (Å²) in [7, 11) is -3.38. The summed E-state index contributed by atoms with van der Waals surface area (Å²) in [6.07, 6.45) is 4.08. The molecule has 2 heterocycles. The number of hydrogen-bond acceptors (Lipinski definition) is 6. The van der Waals surface area contributed by atoms with Crippen LogP contribution in [0.4, 0.5) is 28.8 Å². The molecule has 28 heavy (non-hydrogen) atoms. The first-order valence-corrected chi connectivity index (χ1v) is 10.9. The predicted octanol–water partition coefficient (Wildman–Crippen LogP) is 4.09. The molecule has 0 amide bonds. The Morgan fingerprint density at radius 2 is 1.89 bits per heavy atom. The lowest BCUT2D eigenvalue weighted by Gasteiger charge is -2.14. The van der Waals surface area contributed by atoms with Crippen molar-refractivity contribution >= 4 is 50.5 Å². The van der Waals surface area contributed by atoms with Gasteiger partial charge in [-0.2, -0.15) is 4.98 Å². The zero-order valence-electron chi connectivity index (χ0n) is 15.0. The maximum absolute atomic E-state index is 11.7. The van der Waals surface area contributed by atoms with Gasteiger partial charge in [-0.25, -0.2) is 13.4 Å². The third-order valence-corrected chi connectivity index (χ3v) is 5.14. The number of aryl methyl sites for hydroxylation is 2. The third kappa shape index (κ3) is 4.35. The lowest BCUT2D eigenvalue weighted by atomic mass is 10.0. The first-order chi connectivity index (χ1) is 13.4. The summed E-state index contributed by atoms with van der Waals surface area (Å²) < 4.78 is 26.1. The summed E-state index contributed by atoms with van der Waals surface area (Å²) in [4.78, 5) is 8.68. The molecule has 0 fully saturated rings. The number of nitrogens with zero attached hydrogens (tertiary/aromatic N) is 2. The Morgan fingerprint density at radius 3 is 2.71 bits per heavy atom. The quantitative estimate of drug-likeness (QED) is 0.583. The minimum absolute atomic E-state index is 0.383. The number of benzene rings is 2. The van der Waals surface area contributed by atoms with E-state index in [1.165, 1.54) is 6.20 Å². The SMILES string of the molecule is CS(=O)(=O)Nc1ccc2cc1CCc1cccc(c1)Nc1ncc(Cl)c(n1)N2. The molecule has 4 rings (SSSR count). The number of aromatic nitrogens is 2. The van der Waals surface area contributed by atoms with E-state index in [-0.39, 0.29) is 0 Å². The number of sulfonamides is 1. The van der Waals surface area contributed by atoms with Crippen molar-refractivity contribution in [3.8, 4) is 0 Å². The fraction of sp³-hybridized carbons (Fsp3) is 0.158. The molecule has 0 saturated carbocycles. The van der Waals surface area contributed by atoms with Gasteiger partial charge in [-0.15, -0.1) is 0 Å². The highest BCUT2D eigenvalue weighted by Crippen LogP contribution is 2.29. The van der Waals surface area contributed by atoms with Crippen LogP contribution in [0.1, 0.15) is 11.1 Å². The highest BCUT2D eigenvalue weighted by molar-refractivity contribution is 7.92. The molecule has 1 aliphatic heterocycles. The van der Waals surface area contributed by atoms with Crippen LogP contribution in [-0.4, -0.2) is 24.6 Å². The topological polar surface area (TPSA) is 96.0 Å². The largest absolute Gasteiger partial charge is 0.339 e. The predicted molar refractivity (Wildman–Crippen MR) is 112 cm³/mol. The Balaban J connectivity index is 1.82. The number of halogens is 1. The molecule has 7 nitrogen and oxygen atoms in total. The van der Waals surface area contributed by atoms with E-state index in [0.29, 0.717) is 28.9 Å². The maximum atomic E-state index is 11.7. The first-order valence-electron chi connectivity index (χ1n) is 8.62. The molecule has 144 valence electrons. The van der Waals surface area contributed by atoms with Gasteiger partial charge in [0.2, 0.25) is 16.0 Å². The van der Waals surface area contributed by atoms with Crippen molar-refractivity contribution in [3.63, 3.8) is 0 Å². The molecule has 0 saturated heterocycles. The number of rotatable bonds is 2. The van der Waals surface area contributed by atoms with E-state index in [4.69, 9.17) is 11.6 Å². The van der Waals surface area contributed by atoms with Crippen molar-refractivity contribution in [1.29, 1.82) is 0 Å². The molecule has 2 aromatic carbocycles. The second-order valence-corrected chi connectivity index (χ2v) is 8.74. The van der Waals surface area contributed by atoms with E-state index in [1.807, 2.05) is 30.3 Å². The molecule has 0 spiro atoms. The molecule has 3 aromatic rings. The van der Waals surface area contributed by atoms with Crippen LogP contribution in [0.25, 0.3) is 0 Å². The van der Waals surface area contributed by atoms with Crippen molar-refractivity contribution in [2.24, 2.45) is 0 Å². The van der Waals surface area contributed by atoms with Crippen LogP contribution < -0.4 is 15.4 Å². The second-order valence-electron chi connectivity index (χ2n) is 6.59. The monoisotopic (exact) mass is 415 g/mol. The van der Waals surface area contributed by atoms with Crippen molar-refractivity contribution in [1.82, 2.24) is 9.97 Å². The molecular formula is C19H18ClN5O2S. The number of hydrogen-bond donors (Lipinski definition) is 3. The fourth-order valence-corrected chi connectivity index (χ4v) is 3.78. The Labute approximate surface area is 168 Å². The minimum Gasteiger partial charge on any atom is -0.339 e. The molecule has 6 bridgehead atoms. The minimum atomic E-state index is -3.38. The summed E-state index contributed by atoms with van der Waals surface area (Å²) in [6.45, 7) is 0. The van der Waals surface area contributed by atoms with Crippen LogP contribution in [-0.2, 0) is 22.9 Å². The zero-order valence-corrected chi connectivity index (χ0v) is 16.6. The normalized spacial score (nSPS) is 13.2. The van der Waals surface area contributed by atoms with Crippen LogP contribution >= 0.6 is 11.6 Å². The van der Waals surface area contributed by atoms with E-state index in [2.05, 4.69) is 25.3 Å². The molecule has 0 unspecified atom stereocenters. The first kappa shape index (κ1) is 18.5. The summed E-state index contributed by atoms with van der Waals surface area (Å²) in [5, 5.41) is 6.76. The molecule has 1 aromatic heterocycles. The standard InChI is InChI=1S/C19H18ClN5O2S/c1-28(26,27)25-17-8-7-15-10-13(17)6-5-12-3-2-4-14(9-12)23-19-21-11-16(20)18(22-15)24-19/h2-4,7-11,25H,5-6H2,1H3,(H2,21,22,23,24). The van der Waals surface area contributed by atoms with Crippen LogP contribution in [0.3, 0.4) is 0 Å². The van der Waals surface area contributed by atoms with E-state index < -0.39 is 10.0 Å². The molecule has 0 aliphatic carbocycles. The van der Waals surface area contributed by atoms with Crippen molar-refractivity contribution in [2.45, 2.75) is 12.8 Å². The zero-order chi connectivity index (χ0) is 19.7. The average molecular weight is 416 g/mol. The average Bonchev–Trinajstić information content (AvgIpc) is 2.63. The van der Waals surface area contributed by atoms with Gasteiger partial charge in [0, 0.05) is 11.4 Å². The Kier molecular flexibility index (Phi) is 4.82. The summed E-state index contributed by atoms with van der Waals surface area (Å²) >= 11 is 6.24. The van der Waals surface area contributed by atoms with Crippen molar-refractivity contribution < 1.29 is 8.42 Å². The van der Waals surface area contributed by atoms with E-state index in [0.717, 1.165) is 35.2 Å². The smallest absolute Gasteiger partial charge is 0.229 e. The van der Waals surface area contributed by atoms with Crippen LogP contribution in [0.15, 0.2) is 48.7 Å². The Hall–Kier alpha value is -2.84. The number of fused-ring (bicyclic) bond motifs is 6. The highest BCUT2D eigenvalue weighted by Gasteiger charge is 2.13. The Bertz CT molecular complexity index is 1150. The summed E-state index contributed by atoms with van der Waals surface area (Å²) in [5.74, 6) is 0.892. The van der Waals surface area contributed by atoms with Gasteiger partial charge < -0.3 is 10.6 Å². The van der Waals surface area contributed by atoms with Gasteiger partial charge in [-0.05, 0) is 54.3 Å². The van der Waals surface area contributed by atoms with Gasteiger partial charge in [0.15, 0.2) is 5.82 Å². The highest BCUT2D eigenvalue weighted by atomic mass is 35.5. The summed E-state index contributed by atoms with van der Waals surface area (Å²) in [5.41, 5.74) is 4.17. The molecule has 0 radical (unpaired) electrons. The van der Waals surface area contributed by atoms with Crippen LogP contribution in [0, 0.1) is 0 Å².